The molecule has 0 bridgehead atoms. The average molecular weight is 231 g/mol. The lowest BCUT2D eigenvalue weighted by Crippen LogP contribution is -2.50. The normalized spacial score (nSPS) is 22.1. The van der Waals surface area contributed by atoms with E-state index in [1.54, 1.807) is 18.7 Å². The van der Waals surface area contributed by atoms with Gasteiger partial charge in [-0.05, 0) is 13.8 Å². The first-order valence-corrected chi connectivity index (χ1v) is 6.19. The molecular formula is C9H17N3O2S. The van der Waals surface area contributed by atoms with Crippen molar-refractivity contribution in [1.82, 2.24) is 16.0 Å². The number of carbonyl (C=O) groups excluding carboxylic acids is 2. The summed E-state index contributed by atoms with van der Waals surface area (Å²) in [5.74, 6) is 1.33. The summed E-state index contributed by atoms with van der Waals surface area (Å²) in [7, 11) is 0. The van der Waals surface area contributed by atoms with Crippen LogP contribution in [0.4, 0.5) is 0 Å². The highest BCUT2D eigenvalue weighted by Crippen LogP contribution is 2.09. The van der Waals surface area contributed by atoms with Gasteiger partial charge in [-0.25, -0.2) is 0 Å². The molecule has 2 atom stereocenters. The van der Waals surface area contributed by atoms with Crippen LogP contribution in [0.3, 0.4) is 0 Å². The van der Waals surface area contributed by atoms with Gasteiger partial charge in [0.15, 0.2) is 0 Å². The maximum atomic E-state index is 11.6. The molecule has 1 heterocycles. The number of amides is 2. The van der Waals surface area contributed by atoms with E-state index >= 15 is 0 Å². The van der Waals surface area contributed by atoms with E-state index in [0.29, 0.717) is 6.54 Å². The van der Waals surface area contributed by atoms with Crippen LogP contribution in [0.25, 0.3) is 0 Å². The second-order valence-electron chi connectivity index (χ2n) is 3.40. The van der Waals surface area contributed by atoms with Crippen molar-refractivity contribution in [3.8, 4) is 0 Å². The molecule has 1 rings (SSSR count). The van der Waals surface area contributed by atoms with Gasteiger partial charge in [-0.2, -0.15) is 0 Å². The number of carbonyl (C=O) groups is 2. The fraction of sp³-hybridized carbons (Fsp3) is 0.778. The van der Waals surface area contributed by atoms with E-state index < -0.39 is 6.04 Å². The highest BCUT2D eigenvalue weighted by molar-refractivity contribution is 7.99. The Morgan fingerprint density at radius 2 is 2.33 bits per heavy atom. The zero-order valence-electron chi connectivity index (χ0n) is 9.00. The minimum absolute atomic E-state index is 0.0984. The number of thioether (sulfide) groups is 1. The third-order valence-corrected chi connectivity index (χ3v) is 3.08. The van der Waals surface area contributed by atoms with Crippen LogP contribution < -0.4 is 16.0 Å². The first kappa shape index (κ1) is 12.3. The van der Waals surface area contributed by atoms with Gasteiger partial charge >= 0.3 is 0 Å². The van der Waals surface area contributed by atoms with Crippen LogP contribution in [0.2, 0.25) is 0 Å². The van der Waals surface area contributed by atoms with E-state index in [2.05, 4.69) is 16.0 Å². The van der Waals surface area contributed by atoms with Crippen molar-refractivity contribution in [1.29, 1.82) is 0 Å². The second kappa shape index (κ2) is 5.97. The van der Waals surface area contributed by atoms with Gasteiger partial charge in [0.05, 0.1) is 6.04 Å². The van der Waals surface area contributed by atoms with E-state index in [1.807, 2.05) is 6.92 Å². The average Bonchev–Trinajstić information content (AvgIpc) is 2.70. The molecular weight excluding hydrogens is 214 g/mol. The van der Waals surface area contributed by atoms with E-state index in [9.17, 15) is 9.59 Å². The van der Waals surface area contributed by atoms with Crippen LogP contribution in [0.5, 0.6) is 0 Å². The number of likely N-dealkylation sites (N-methyl/N-ethyl adjacent to an activating group) is 1. The summed E-state index contributed by atoms with van der Waals surface area (Å²) in [5.41, 5.74) is 0. The molecule has 1 saturated heterocycles. The van der Waals surface area contributed by atoms with Crippen LogP contribution in [0, 0.1) is 0 Å². The highest BCUT2D eigenvalue weighted by Gasteiger charge is 2.25. The zero-order chi connectivity index (χ0) is 11.3. The first-order valence-electron chi connectivity index (χ1n) is 5.04. The molecule has 1 fully saturated rings. The largest absolute Gasteiger partial charge is 0.355 e. The van der Waals surface area contributed by atoms with Gasteiger partial charge in [-0.1, -0.05) is 0 Å². The van der Waals surface area contributed by atoms with Gasteiger partial charge in [0.2, 0.25) is 11.8 Å². The Morgan fingerprint density at radius 3 is 2.87 bits per heavy atom. The van der Waals surface area contributed by atoms with Crippen molar-refractivity contribution in [3.63, 3.8) is 0 Å². The standard InChI is InChI=1S/C9H17N3O2S/c1-3-10-8(13)6(2)12-9(14)7-4-15-5-11-7/h6-7,11H,3-5H2,1-2H3,(H,10,13)(H,12,14)/t6?,7-/m1/s1. The van der Waals surface area contributed by atoms with Gasteiger partial charge < -0.3 is 10.6 Å². The minimum Gasteiger partial charge on any atom is -0.355 e. The lowest BCUT2D eigenvalue weighted by molar-refractivity contribution is -0.129. The summed E-state index contributed by atoms with van der Waals surface area (Å²) in [6.07, 6.45) is 0. The number of nitrogens with one attached hydrogen (secondary N) is 3. The first-order chi connectivity index (χ1) is 7.15. The fourth-order valence-corrected chi connectivity index (χ4v) is 2.21. The minimum atomic E-state index is -0.468. The Balaban J connectivity index is 2.33. The Labute approximate surface area is 93.7 Å². The predicted molar refractivity (Wildman–Crippen MR) is 60.5 cm³/mol. The van der Waals surface area contributed by atoms with E-state index in [4.69, 9.17) is 0 Å². The predicted octanol–water partition coefficient (Wildman–Crippen LogP) is -0.710. The molecule has 6 heteroatoms. The number of hydrogen-bond donors (Lipinski definition) is 3. The lowest BCUT2D eigenvalue weighted by atomic mass is 10.2. The molecule has 5 nitrogen and oxygen atoms in total. The van der Waals surface area contributed by atoms with Crippen molar-refractivity contribution in [2.24, 2.45) is 0 Å². The smallest absolute Gasteiger partial charge is 0.242 e. The van der Waals surface area contributed by atoms with Gasteiger partial charge in [0.25, 0.3) is 0 Å². The summed E-state index contributed by atoms with van der Waals surface area (Å²) in [6, 6.07) is -0.628. The van der Waals surface area contributed by atoms with Crippen LogP contribution in [-0.2, 0) is 9.59 Å². The van der Waals surface area contributed by atoms with E-state index in [-0.39, 0.29) is 17.9 Å². The van der Waals surface area contributed by atoms with Crippen LogP contribution in [0.15, 0.2) is 0 Å². The van der Waals surface area contributed by atoms with Gasteiger partial charge in [-0.15, -0.1) is 11.8 Å². The molecule has 3 N–H and O–H groups in total. The van der Waals surface area contributed by atoms with Crippen molar-refractivity contribution in [2.45, 2.75) is 25.9 Å². The summed E-state index contributed by atoms with van der Waals surface area (Å²) >= 11 is 1.68. The molecule has 86 valence electrons. The van der Waals surface area contributed by atoms with Crippen LogP contribution in [-0.4, -0.2) is 42.1 Å². The Bertz CT molecular complexity index is 242. The molecule has 0 aromatic carbocycles. The molecule has 15 heavy (non-hydrogen) atoms. The molecule has 0 aliphatic carbocycles. The third-order valence-electron chi connectivity index (χ3n) is 2.14. The third kappa shape index (κ3) is 3.71. The molecule has 0 saturated carbocycles. The molecule has 0 aromatic heterocycles. The summed E-state index contributed by atoms with van der Waals surface area (Å²) < 4.78 is 0. The molecule has 0 radical (unpaired) electrons. The van der Waals surface area contributed by atoms with Crippen LogP contribution >= 0.6 is 11.8 Å². The number of rotatable bonds is 4. The topological polar surface area (TPSA) is 70.2 Å². The molecule has 1 aliphatic heterocycles. The van der Waals surface area contributed by atoms with Gasteiger partial charge in [0.1, 0.15) is 6.04 Å². The fourth-order valence-electron chi connectivity index (χ4n) is 1.27. The summed E-state index contributed by atoms with van der Waals surface area (Å²) in [5, 5.41) is 8.39. The van der Waals surface area contributed by atoms with Crippen molar-refractivity contribution in [2.75, 3.05) is 18.2 Å². The maximum absolute atomic E-state index is 11.6. The monoisotopic (exact) mass is 231 g/mol. The van der Waals surface area contributed by atoms with E-state index in [0.717, 1.165) is 11.6 Å². The molecule has 1 aliphatic rings. The Morgan fingerprint density at radius 1 is 1.60 bits per heavy atom. The van der Waals surface area contributed by atoms with Gasteiger partial charge in [-0.3, -0.25) is 14.9 Å². The maximum Gasteiger partial charge on any atom is 0.242 e. The van der Waals surface area contributed by atoms with Crippen molar-refractivity contribution in [3.05, 3.63) is 0 Å². The van der Waals surface area contributed by atoms with E-state index in [1.165, 1.54) is 0 Å². The SMILES string of the molecule is CCNC(=O)C(C)NC(=O)[C@H]1CSCN1. The second-order valence-corrected chi connectivity index (χ2v) is 4.43. The Hall–Kier alpha value is -0.750. The lowest BCUT2D eigenvalue weighted by Gasteiger charge is -2.16. The molecule has 1 unspecified atom stereocenters. The summed E-state index contributed by atoms with van der Waals surface area (Å²) in [6.45, 7) is 4.11. The molecule has 2 amide bonds. The van der Waals surface area contributed by atoms with Crippen LogP contribution in [0.1, 0.15) is 13.8 Å². The number of hydrogen-bond acceptors (Lipinski definition) is 4. The quantitative estimate of drug-likeness (QED) is 0.598. The molecule has 0 spiro atoms. The van der Waals surface area contributed by atoms with Gasteiger partial charge in [0, 0.05) is 18.2 Å². The van der Waals surface area contributed by atoms with Crippen molar-refractivity contribution >= 4 is 23.6 Å². The zero-order valence-corrected chi connectivity index (χ0v) is 9.82. The van der Waals surface area contributed by atoms with Crippen molar-refractivity contribution < 1.29 is 9.59 Å². The Kier molecular flexibility index (Phi) is 4.90. The highest BCUT2D eigenvalue weighted by atomic mass is 32.2. The summed E-state index contributed by atoms with van der Waals surface area (Å²) in [4.78, 5) is 22.9. The molecule has 0 aromatic rings.